The van der Waals surface area contributed by atoms with E-state index in [1.165, 1.54) is 7.11 Å². The van der Waals surface area contributed by atoms with Gasteiger partial charge in [0.2, 0.25) is 5.91 Å². The van der Waals surface area contributed by atoms with Gasteiger partial charge in [-0.15, -0.1) is 0 Å². The molecule has 1 aliphatic heterocycles. The third-order valence-electron chi connectivity index (χ3n) is 4.86. The molecule has 2 bridgehead atoms. The number of esters is 1. The van der Waals surface area contributed by atoms with Crippen LogP contribution < -0.4 is 10.6 Å². The van der Waals surface area contributed by atoms with E-state index in [0.717, 1.165) is 17.5 Å². The van der Waals surface area contributed by atoms with Crippen LogP contribution >= 0.6 is 0 Å². The Hall–Kier alpha value is -2.57. The number of hydrogen-bond donors (Lipinski definition) is 2. The van der Waals surface area contributed by atoms with Gasteiger partial charge in [0, 0.05) is 12.3 Å². The van der Waals surface area contributed by atoms with Crippen LogP contribution in [0.3, 0.4) is 0 Å². The lowest BCUT2D eigenvalue weighted by molar-refractivity contribution is -0.145. The van der Waals surface area contributed by atoms with E-state index in [9.17, 15) is 14.4 Å². The zero-order chi connectivity index (χ0) is 21.6. The number of alkyl carbamates (subject to hydrolysis) is 1. The summed E-state index contributed by atoms with van der Waals surface area (Å²) in [5, 5.41) is 5.76. The summed E-state index contributed by atoms with van der Waals surface area (Å²) in [6.45, 7) is 7.30. The van der Waals surface area contributed by atoms with Gasteiger partial charge in [-0.2, -0.15) is 0 Å². The second kappa shape index (κ2) is 9.76. The average Bonchev–Trinajstić information content (AvgIpc) is 2.63. The SMILES string of the molecule is COC(=O)C1Cc2cccc(c2)[C@@H](NC(=O)OC(C)(C)C)CCC[C@@H](C)C(=O)N1. The van der Waals surface area contributed by atoms with Crippen LogP contribution in [0, 0.1) is 5.92 Å². The highest BCUT2D eigenvalue weighted by atomic mass is 16.6. The van der Waals surface area contributed by atoms with E-state index in [2.05, 4.69) is 10.6 Å². The molecule has 7 heteroatoms. The molecule has 1 unspecified atom stereocenters. The van der Waals surface area contributed by atoms with Gasteiger partial charge in [0.25, 0.3) is 0 Å². The van der Waals surface area contributed by atoms with Crippen molar-refractivity contribution >= 4 is 18.0 Å². The predicted molar refractivity (Wildman–Crippen MR) is 109 cm³/mol. The molecular weight excluding hydrogens is 372 g/mol. The van der Waals surface area contributed by atoms with Crippen molar-refractivity contribution in [3.8, 4) is 0 Å². The van der Waals surface area contributed by atoms with E-state index >= 15 is 0 Å². The van der Waals surface area contributed by atoms with Crippen molar-refractivity contribution in [2.24, 2.45) is 5.92 Å². The van der Waals surface area contributed by atoms with Crippen molar-refractivity contribution < 1.29 is 23.9 Å². The van der Waals surface area contributed by atoms with Crippen LogP contribution in [0.1, 0.15) is 64.1 Å². The molecule has 2 amide bonds. The lowest BCUT2D eigenvalue weighted by Crippen LogP contribution is -2.45. The van der Waals surface area contributed by atoms with Crippen LogP contribution in [0.2, 0.25) is 0 Å². The molecule has 0 aromatic heterocycles. The highest BCUT2D eigenvalue weighted by Gasteiger charge is 2.27. The van der Waals surface area contributed by atoms with Gasteiger partial charge in [0.1, 0.15) is 11.6 Å². The van der Waals surface area contributed by atoms with Gasteiger partial charge in [-0.3, -0.25) is 4.79 Å². The number of fused-ring (bicyclic) bond motifs is 2. The van der Waals surface area contributed by atoms with Crippen molar-refractivity contribution in [1.29, 1.82) is 0 Å². The maximum absolute atomic E-state index is 12.5. The summed E-state index contributed by atoms with van der Waals surface area (Å²) >= 11 is 0. The molecule has 2 rings (SSSR count). The number of amides is 2. The van der Waals surface area contributed by atoms with E-state index in [1.807, 2.05) is 52.0 Å². The standard InChI is InChI=1S/C22H32N2O5/c1-14-8-6-11-17(24-21(27)29-22(2,3)4)16-10-7-9-15(12-16)13-18(20(26)28-5)23-19(14)25/h7,9-10,12,14,17-18H,6,8,11,13H2,1-5H3,(H,23,25)(H,24,27)/t14-,17+,18?/m1/s1. The Morgan fingerprint density at radius 1 is 1.21 bits per heavy atom. The van der Waals surface area contributed by atoms with Crippen LogP contribution in [0.5, 0.6) is 0 Å². The molecule has 3 atom stereocenters. The summed E-state index contributed by atoms with van der Waals surface area (Å²) in [7, 11) is 1.31. The second-order valence-corrected chi connectivity index (χ2v) is 8.56. The maximum Gasteiger partial charge on any atom is 0.408 e. The number of hydrogen-bond acceptors (Lipinski definition) is 5. The first-order chi connectivity index (χ1) is 13.6. The summed E-state index contributed by atoms with van der Waals surface area (Å²) in [4.78, 5) is 37.0. The van der Waals surface area contributed by atoms with Crippen LogP contribution in [0.15, 0.2) is 24.3 Å². The molecule has 160 valence electrons. The first-order valence-corrected chi connectivity index (χ1v) is 10.1. The summed E-state index contributed by atoms with van der Waals surface area (Å²) < 4.78 is 10.3. The van der Waals surface area contributed by atoms with Gasteiger partial charge in [-0.05, 0) is 44.7 Å². The number of rotatable bonds is 2. The molecule has 0 fully saturated rings. The molecule has 0 saturated carbocycles. The van der Waals surface area contributed by atoms with Gasteiger partial charge in [0.05, 0.1) is 13.2 Å². The summed E-state index contributed by atoms with van der Waals surface area (Å²) in [6, 6.07) is 6.70. The van der Waals surface area contributed by atoms with Crippen molar-refractivity contribution in [2.45, 2.75) is 71.1 Å². The number of ether oxygens (including phenoxy) is 2. The predicted octanol–water partition coefficient (Wildman–Crippen LogP) is 3.27. The van der Waals surface area contributed by atoms with Crippen molar-refractivity contribution in [2.75, 3.05) is 7.11 Å². The number of carbonyl (C=O) groups excluding carboxylic acids is 3. The van der Waals surface area contributed by atoms with E-state index in [0.29, 0.717) is 19.3 Å². The number of benzene rings is 1. The highest BCUT2D eigenvalue weighted by molar-refractivity contribution is 5.85. The van der Waals surface area contributed by atoms with Crippen LogP contribution in [0.4, 0.5) is 4.79 Å². The molecule has 0 spiro atoms. The lowest BCUT2D eigenvalue weighted by Gasteiger charge is -2.26. The molecule has 0 aliphatic carbocycles. The summed E-state index contributed by atoms with van der Waals surface area (Å²) in [5.74, 6) is -0.896. The third kappa shape index (κ3) is 7.07. The van der Waals surface area contributed by atoms with Gasteiger partial charge in [0.15, 0.2) is 0 Å². The lowest BCUT2D eigenvalue weighted by atomic mass is 9.93. The van der Waals surface area contributed by atoms with Crippen molar-refractivity contribution in [3.63, 3.8) is 0 Å². The number of carbonyl (C=O) groups is 3. The van der Waals surface area contributed by atoms with Gasteiger partial charge >= 0.3 is 12.1 Å². The fraction of sp³-hybridized carbons (Fsp3) is 0.591. The Bertz CT molecular complexity index is 741. The van der Waals surface area contributed by atoms with Crippen LogP contribution in [-0.4, -0.2) is 36.7 Å². The second-order valence-electron chi connectivity index (χ2n) is 8.56. The molecule has 1 aromatic carbocycles. The minimum absolute atomic E-state index is 0.172. The maximum atomic E-state index is 12.5. The molecule has 1 heterocycles. The van der Waals surface area contributed by atoms with E-state index in [1.54, 1.807) is 0 Å². The molecule has 0 radical (unpaired) electrons. The molecule has 2 N–H and O–H groups in total. The Labute approximate surface area is 172 Å². The first-order valence-electron chi connectivity index (χ1n) is 10.1. The summed E-state index contributed by atoms with van der Waals surface area (Å²) in [6.07, 6.45) is 1.91. The van der Waals surface area contributed by atoms with Crippen LogP contribution in [-0.2, 0) is 25.5 Å². The Morgan fingerprint density at radius 3 is 2.59 bits per heavy atom. The van der Waals surface area contributed by atoms with Crippen molar-refractivity contribution in [3.05, 3.63) is 35.4 Å². The molecule has 29 heavy (non-hydrogen) atoms. The highest BCUT2D eigenvalue weighted by Crippen LogP contribution is 2.24. The van der Waals surface area contributed by atoms with Gasteiger partial charge in [-0.1, -0.05) is 37.6 Å². The zero-order valence-electron chi connectivity index (χ0n) is 17.9. The third-order valence-corrected chi connectivity index (χ3v) is 4.86. The molecule has 1 aromatic rings. The van der Waals surface area contributed by atoms with E-state index in [4.69, 9.17) is 9.47 Å². The minimum Gasteiger partial charge on any atom is -0.467 e. The average molecular weight is 405 g/mol. The quantitative estimate of drug-likeness (QED) is 0.738. The number of nitrogens with one attached hydrogen (secondary N) is 2. The molecule has 7 nitrogen and oxygen atoms in total. The molecular formula is C22H32N2O5. The van der Waals surface area contributed by atoms with Crippen molar-refractivity contribution in [1.82, 2.24) is 10.6 Å². The fourth-order valence-electron chi connectivity index (χ4n) is 3.35. The summed E-state index contributed by atoms with van der Waals surface area (Å²) in [5.41, 5.74) is 1.23. The normalized spacial score (nSPS) is 23.1. The smallest absolute Gasteiger partial charge is 0.408 e. The first kappa shape index (κ1) is 22.7. The van der Waals surface area contributed by atoms with E-state index < -0.39 is 23.7 Å². The van der Waals surface area contributed by atoms with Gasteiger partial charge in [-0.25, -0.2) is 9.59 Å². The van der Waals surface area contributed by atoms with Gasteiger partial charge < -0.3 is 20.1 Å². The molecule has 1 aliphatic rings. The number of methoxy groups -OCH3 is 1. The van der Waals surface area contributed by atoms with E-state index in [-0.39, 0.29) is 17.9 Å². The zero-order valence-corrected chi connectivity index (χ0v) is 17.9. The topological polar surface area (TPSA) is 93.7 Å². The largest absolute Gasteiger partial charge is 0.467 e. The molecule has 0 saturated heterocycles. The Balaban J connectivity index is 2.30. The van der Waals surface area contributed by atoms with Crippen LogP contribution in [0.25, 0.3) is 0 Å². The minimum atomic E-state index is -0.748. The Morgan fingerprint density at radius 2 is 1.93 bits per heavy atom. The Kier molecular flexibility index (Phi) is 7.65. The monoisotopic (exact) mass is 404 g/mol. The fourth-order valence-corrected chi connectivity index (χ4v) is 3.35.